The number of carbonyl (C=O) groups is 1. The van der Waals surface area contributed by atoms with Crippen LogP contribution < -0.4 is 4.74 Å². The second-order valence-electron chi connectivity index (χ2n) is 7.14. The number of halogens is 1. The van der Waals surface area contributed by atoms with Crippen molar-refractivity contribution in [3.8, 4) is 11.8 Å². The number of H-pyrrole nitrogens is 1. The average molecular weight is 419 g/mol. The predicted octanol–water partition coefficient (Wildman–Crippen LogP) is 4.79. The van der Waals surface area contributed by atoms with Crippen molar-refractivity contribution in [2.24, 2.45) is 5.92 Å². The number of amides is 1. The standard InChI is InChI=1S/C23H19ClN4O2/c1-14-18(23(29)28-12-15(10-26)13-28)11-27-22(14)20(8-9-25)30-19-7-6-16-4-2-3-5-17(16)21(19)24/h2-9,11,15,25,27H,12-13H2,1H3/b20-8+,25-9?. The van der Waals surface area contributed by atoms with E-state index in [-0.39, 0.29) is 11.8 Å². The first-order chi connectivity index (χ1) is 14.5. The minimum Gasteiger partial charge on any atom is -0.454 e. The molecule has 0 aliphatic carbocycles. The van der Waals surface area contributed by atoms with Gasteiger partial charge in [-0.2, -0.15) is 5.26 Å². The molecular formula is C23H19ClN4O2. The summed E-state index contributed by atoms with van der Waals surface area (Å²) < 4.78 is 6.07. The molecule has 1 aromatic heterocycles. The van der Waals surface area contributed by atoms with Crippen LogP contribution in [-0.4, -0.2) is 35.1 Å². The fraction of sp³-hybridized carbons (Fsp3) is 0.174. The van der Waals surface area contributed by atoms with Gasteiger partial charge in [0.15, 0.2) is 5.76 Å². The van der Waals surface area contributed by atoms with Crippen LogP contribution in [0.3, 0.4) is 0 Å². The molecular weight excluding hydrogens is 400 g/mol. The Morgan fingerprint density at radius 1 is 1.33 bits per heavy atom. The average Bonchev–Trinajstić information content (AvgIpc) is 3.10. The third-order valence-electron chi connectivity index (χ3n) is 5.25. The second kappa shape index (κ2) is 8.05. The first kappa shape index (κ1) is 19.7. The molecule has 6 nitrogen and oxygen atoms in total. The van der Waals surface area contributed by atoms with Crippen LogP contribution in [0.2, 0.25) is 5.02 Å². The van der Waals surface area contributed by atoms with Crippen molar-refractivity contribution in [3.05, 3.63) is 70.5 Å². The molecule has 1 amide bonds. The topological polar surface area (TPSA) is 93.0 Å². The summed E-state index contributed by atoms with van der Waals surface area (Å²) in [7, 11) is 0. The van der Waals surface area contributed by atoms with Crippen molar-refractivity contribution < 1.29 is 9.53 Å². The third kappa shape index (κ3) is 3.44. The van der Waals surface area contributed by atoms with Gasteiger partial charge in [0, 0.05) is 37.0 Å². The van der Waals surface area contributed by atoms with E-state index in [0.717, 1.165) is 17.0 Å². The summed E-state index contributed by atoms with van der Waals surface area (Å²) >= 11 is 6.56. The monoisotopic (exact) mass is 418 g/mol. The molecule has 0 bridgehead atoms. The van der Waals surface area contributed by atoms with Gasteiger partial charge in [0.05, 0.1) is 28.3 Å². The maximum Gasteiger partial charge on any atom is 0.255 e. The van der Waals surface area contributed by atoms with E-state index in [9.17, 15) is 4.79 Å². The Kier molecular flexibility index (Phi) is 5.30. The van der Waals surface area contributed by atoms with Gasteiger partial charge in [-0.15, -0.1) is 0 Å². The minimum absolute atomic E-state index is 0.0978. The summed E-state index contributed by atoms with van der Waals surface area (Å²) in [5.74, 6) is 0.626. The van der Waals surface area contributed by atoms with E-state index in [0.29, 0.717) is 46.4 Å². The van der Waals surface area contributed by atoms with Crippen molar-refractivity contribution in [2.75, 3.05) is 13.1 Å². The van der Waals surface area contributed by atoms with Crippen LogP contribution in [0.5, 0.6) is 5.75 Å². The summed E-state index contributed by atoms with van der Waals surface area (Å²) in [5, 5.41) is 18.8. The smallest absolute Gasteiger partial charge is 0.255 e. The van der Waals surface area contributed by atoms with E-state index >= 15 is 0 Å². The molecule has 1 aliphatic rings. The molecule has 150 valence electrons. The summed E-state index contributed by atoms with van der Waals surface area (Å²) in [6, 6.07) is 13.6. The molecule has 4 rings (SSSR count). The van der Waals surface area contributed by atoms with Crippen LogP contribution in [-0.2, 0) is 0 Å². The number of likely N-dealkylation sites (tertiary alicyclic amines) is 1. The van der Waals surface area contributed by atoms with Crippen LogP contribution in [0, 0.1) is 29.6 Å². The van der Waals surface area contributed by atoms with E-state index in [4.69, 9.17) is 27.0 Å². The molecule has 30 heavy (non-hydrogen) atoms. The lowest BCUT2D eigenvalue weighted by Crippen LogP contribution is -2.49. The van der Waals surface area contributed by atoms with Crippen LogP contribution in [0.4, 0.5) is 0 Å². The number of rotatable bonds is 5. The summed E-state index contributed by atoms with van der Waals surface area (Å²) in [6.07, 6.45) is 4.27. The molecule has 2 heterocycles. The number of hydrogen-bond acceptors (Lipinski definition) is 4. The van der Waals surface area contributed by atoms with Crippen molar-refractivity contribution in [1.82, 2.24) is 9.88 Å². The third-order valence-corrected chi connectivity index (χ3v) is 5.64. The number of aromatic amines is 1. The van der Waals surface area contributed by atoms with Crippen LogP contribution in [0.25, 0.3) is 16.5 Å². The lowest BCUT2D eigenvalue weighted by molar-refractivity contribution is 0.0577. The van der Waals surface area contributed by atoms with Crippen LogP contribution >= 0.6 is 11.6 Å². The van der Waals surface area contributed by atoms with Gasteiger partial charge in [0.1, 0.15) is 5.75 Å². The number of allylic oxidation sites excluding steroid dienone is 1. The number of carbonyl (C=O) groups excluding carboxylic acids is 1. The van der Waals surface area contributed by atoms with Crippen LogP contribution in [0.1, 0.15) is 21.6 Å². The number of nitrogens with one attached hydrogen (secondary N) is 2. The predicted molar refractivity (Wildman–Crippen MR) is 117 cm³/mol. The molecule has 0 saturated carbocycles. The normalized spacial score (nSPS) is 14.3. The van der Waals surface area contributed by atoms with E-state index < -0.39 is 0 Å². The molecule has 2 N–H and O–H groups in total. The number of benzene rings is 2. The fourth-order valence-corrected chi connectivity index (χ4v) is 3.80. The molecule has 1 aliphatic heterocycles. The Bertz CT molecular complexity index is 1220. The van der Waals surface area contributed by atoms with Gasteiger partial charge < -0.3 is 20.0 Å². The van der Waals surface area contributed by atoms with E-state index in [1.165, 1.54) is 6.08 Å². The quantitative estimate of drug-likeness (QED) is 0.460. The van der Waals surface area contributed by atoms with Crippen molar-refractivity contribution >= 4 is 40.3 Å². The summed E-state index contributed by atoms with van der Waals surface area (Å²) in [4.78, 5) is 17.5. The lowest BCUT2D eigenvalue weighted by Gasteiger charge is -2.35. The Morgan fingerprint density at radius 2 is 2.10 bits per heavy atom. The van der Waals surface area contributed by atoms with Gasteiger partial charge in [-0.1, -0.05) is 41.9 Å². The fourth-order valence-electron chi connectivity index (χ4n) is 3.52. The zero-order chi connectivity index (χ0) is 21.3. The molecule has 1 saturated heterocycles. The molecule has 7 heteroatoms. The van der Waals surface area contributed by atoms with Gasteiger partial charge in [-0.3, -0.25) is 4.79 Å². The van der Waals surface area contributed by atoms with Gasteiger partial charge in [0.2, 0.25) is 0 Å². The number of fused-ring (bicyclic) bond motifs is 1. The highest BCUT2D eigenvalue weighted by molar-refractivity contribution is 6.37. The summed E-state index contributed by atoms with van der Waals surface area (Å²) in [5.41, 5.74) is 1.83. The highest BCUT2D eigenvalue weighted by atomic mass is 35.5. The Hall–Kier alpha value is -3.56. The van der Waals surface area contributed by atoms with E-state index in [2.05, 4.69) is 11.1 Å². The molecule has 0 atom stereocenters. The molecule has 0 radical (unpaired) electrons. The molecule has 1 fully saturated rings. The Labute approximate surface area is 178 Å². The molecule has 0 unspecified atom stereocenters. The van der Waals surface area contributed by atoms with Crippen molar-refractivity contribution in [1.29, 1.82) is 10.7 Å². The first-order valence-electron chi connectivity index (χ1n) is 9.46. The highest BCUT2D eigenvalue weighted by Gasteiger charge is 2.32. The number of ether oxygens (including phenoxy) is 1. The van der Waals surface area contributed by atoms with E-state index in [1.807, 2.05) is 37.3 Å². The minimum atomic E-state index is -0.126. The first-order valence-corrected chi connectivity index (χ1v) is 9.84. The maximum absolute atomic E-state index is 12.7. The number of aromatic nitrogens is 1. The lowest BCUT2D eigenvalue weighted by atomic mass is 10.00. The summed E-state index contributed by atoms with van der Waals surface area (Å²) in [6.45, 7) is 2.72. The zero-order valence-electron chi connectivity index (χ0n) is 16.3. The Balaban J connectivity index is 1.63. The maximum atomic E-state index is 12.7. The van der Waals surface area contributed by atoms with Crippen LogP contribution in [0.15, 0.2) is 48.7 Å². The van der Waals surface area contributed by atoms with Gasteiger partial charge in [-0.25, -0.2) is 0 Å². The molecule has 2 aromatic carbocycles. The SMILES string of the molecule is Cc1c(C(=O)N2CC(C#N)C2)c[nH]c1/C(=C\C=N)Oc1ccc2ccccc2c1Cl. The van der Waals surface area contributed by atoms with Gasteiger partial charge >= 0.3 is 0 Å². The molecule has 0 spiro atoms. The molecule has 3 aromatic rings. The zero-order valence-corrected chi connectivity index (χ0v) is 17.0. The van der Waals surface area contributed by atoms with Gasteiger partial charge in [0.25, 0.3) is 5.91 Å². The van der Waals surface area contributed by atoms with Gasteiger partial charge in [-0.05, 0) is 23.9 Å². The number of hydrogen-bond donors (Lipinski definition) is 2. The number of nitrogens with zero attached hydrogens (tertiary/aromatic N) is 2. The second-order valence-corrected chi connectivity index (χ2v) is 7.51. The van der Waals surface area contributed by atoms with E-state index in [1.54, 1.807) is 17.2 Å². The largest absolute Gasteiger partial charge is 0.454 e. The Morgan fingerprint density at radius 3 is 2.83 bits per heavy atom. The van der Waals surface area contributed by atoms with Crippen molar-refractivity contribution in [3.63, 3.8) is 0 Å². The van der Waals surface area contributed by atoms with Crippen molar-refractivity contribution in [2.45, 2.75) is 6.92 Å². The number of nitriles is 1. The highest BCUT2D eigenvalue weighted by Crippen LogP contribution is 2.35.